The molecule has 0 aromatic heterocycles. The molecule has 98 valence electrons. The van der Waals surface area contributed by atoms with E-state index in [4.69, 9.17) is 17.3 Å². The lowest BCUT2D eigenvalue weighted by atomic mass is 10.1. The monoisotopic (exact) mass is 276 g/mol. The van der Waals surface area contributed by atoms with Crippen LogP contribution in [0, 0.1) is 6.92 Å². The third-order valence-corrected chi connectivity index (χ3v) is 3.06. The van der Waals surface area contributed by atoms with E-state index >= 15 is 0 Å². The highest BCUT2D eigenvalue weighted by molar-refractivity contribution is 6.33. The second-order valence-electron chi connectivity index (χ2n) is 4.19. The number of rotatable bonds is 2. The van der Waals surface area contributed by atoms with Crippen molar-refractivity contribution in [3.8, 4) is 5.75 Å². The van der Waals surface area contributed by atoms with Gasteiger partial charge in [-0.3, -0.25) is 4.79 Å². The summed E-state index contributed by atoms with van der Waals surface area (Å²) in [5, 5.41) is 12.5. The van der Waals surface area contributed by atoms with Crippen LogP contribution in [-0.2, 0) is 0 Å². The molecule has 0 saturated carbocycles. The van der Waals surface area contributed by atoms with Gasteiger partial charge in [-0.05, 0) is 48.9 Å². The van der Waals surface area contributed by atoms with Crippen molar-refractivity contribution in [3.05, 3.63) is 52.5 Å². The van der Waals surface area contributed by atoms with E-state index in [0.717, 1.165) is 5.56 Å². The maximum absolute atomic E-state index is 12.0. The Kier molecular flexibility index (Phi) is 3.62. The van der Waals surface area contributed by atoms with E-state index in [0.29, 0.717) is 22.0 Å². The van der Waals surface area contributed by atoms with E-state index in [1.54, 1.807) is 31.2 Å². The van der Waals surface area contributed by atoms with Crippen LogP contribution in [0.5, 0.6) is 5.75 Å². The van der Waals surface area contributed by atoms with Gasteiger partial charge in [0.15, 0.2) is 0 Å². The number of carbonyl (C=O) groups excluding carboxylic acids is 1. The molecule has 0 radical (unpaired) electrons. The summed E-state index contributed by atoms with van der Waals surface area (Å²) in [4.78, 5) is 12.0. The van der Waals surface area contributed by atoms with Crippen molar-refractivity contribution >= 4 is 28.9 Å². The first-order valence-electron chi connectivity index (χ1n) is 5.63. The number of halogens is 1. The van der Waals surface area contributed by atoms with E-state index in [9.17, 15) is 9.90 Å². The van der Waals surface area contributed by atoms with E-state index in [2.05, 4.69) is 5.32 Å². The van der Waals surface area contributed by atoms with Gasteiger partial charge in [-0.25, -0.2) is 0 Å². The molecule has 0 spiro atoms. The average molecular weight is 277 g/mol. The number of aryl methyl sites for hydroxylation is 1. The molecule has 0 aliphatic carbocycles. The van der Waals surface area contributed by atoms with Gasteiger partial charge in [-0.15, -0.1) is 0 Å². The number of nitrogens with one attached hydrogen (secondary N) is 1. The van der Waals surface area contributed by atoms with Gasteiger partial charge in [0, 0.05) is 11.3 Å². The van der Waals surface area contributed by atoms with Gasteiger partial charge in [0.05, 0.1) is 10.7 Å². The number of benzene rings is 2. The van der Waals surface area contributed by atoms with Gasteiger partial charge < -0.3 is 16.2 Å². The first-order valence-corrected chi connectivity index (χ1v) is 6.01. The summed E-state index contributed by atoms with van der Waals surface area (Å²) in [6, 6.07) is 9.43. The zero-order chi connectivity index (χ0) is 14.0. The molecule has 0 aliphatic heterocycles. The van der Waals surface area contributed by atoms with Crippen LogP contribution in [0.25, 0.3) is 0 Å². The molecular weight excluding hydrogens is 264 g/mol. The number of anilines is 2. The summed E-state index contributed by atoms with van der Waals surface area (Å²) in [5.41, 5.74) is 7.85. The molecule has 1 amide bonds. The number of nitrogen functional groups attached to an aromatic ring is 1. The molecule has 0 aliphatic rings. The van der Waals surface area contributed by atoms with Gasteiger partial charge in [0.2, 0.25) is 0 Å². The highest BCUT2D eigenvalue weighted by Crippen LogP contribution is 2.23. The summed E-state index contributed by atoms with van der Waals surface area (Å²) in [6.07, 6.45) is 0. The van der Waals surface area contributed by atoms with Gasteiger partial charge in [0.1, 0.15) is 5.75 Å². The topological polar surface area (TPSA) is 75.3 Å². The number of hydrogen-bond acceptors (Lipinski definition) is 3. The second-order valence-corrected chi connectivity index (χ2v) is 4.60. The molecule has 0 atom stereocenters. The van der Waals surface area contributed by atoms with Crippen LogP contribution >= 0.6 is 11.6 Å². The van der Waals surface area contributed by atoms with Crippen molar-refractivity contribution in [3.63, 3.8) is 0 Å². The highest BCUT2D eigenvalue weighted by Gasteiger charge is 2.09. The van der Waals surface area contributed by atoms with Gasteiger partial charge in [0.25, 0.3) is 5.91 Å². The zero-order valence-corrected chi connectivity index (χ0v) is 11.0. The second kappa shape index (κ2) is 5.20. The number of phenols is 1. The molecule has 4 nitrogen and oxygen atoms in total. The summed E-state index contributed by atoms with van der Waals surface area (Å²) in [7, 11) is 0. The van der Waals surface area contributed by atoms with Crippen LogP contribution in [0.3, 0.4) is 0 Å². The first kappa shape index (κ1) is 13.2. The first-order chi connectivity index (χ1) is 8.97. The van der Waals surface area contributed by atoms with Crippen molar-refractivity contribution < 1.29 is 9.90 Å². The Balaban J connectivity index is 2.23. The molecule has 2 rings (SSSR count). The van der Waals surface area contributed by atoms with Crippen LogP contribution in [0.4, 0.5) is 11.4 Å². The Morgan fingerprint density at radius 2 is 2.00 bits per heavy atom. The fraction of sp³-hybridized carbons (Fsp3) is 0.0714. The predicted molar refractivity (Wildman–Crippen MR) is 76.7 cm³/mol. The molecule has 19 heavy (non-hydrogen) atoms. The van der Waals surface area contributed by atoms with Crippen LogP contribution in [0.1, 0.15) is 15.9 Å². The number of phenolic OH excluding ortho intramolecular Hbond substituents is 1. The Morgan fingerprint density at radius 1 is 1.26 bits per heavy atom. The van der Waals surface area contributed by atoms with E-state index in [-0.39, 0.29) is 11.7 Å². The third kappa shape index (κ3) is 2.98. The smallest absolute Gasteiger partial charge is 0.255 e. The molecular formula is C14H13ClN2O2. The van der Waals surface area contributed by atoms with Crippen molar-refractivity contribution in [2.75, 3.05) is 11.1 Å². The predicted octanol–water partition coefficient (Wildman–Crippen LogP) is 3.19. The number of carbonyl (C=O) groups is 1. The fourth-order valence-electron chi connectivity index (χ4n) is 1.67. The van der Waals surface area contributed by atoms with E-state index < -0.39 is 0 Å². The molecule has 5 heteroatoms. The Morgan fingerprint density at radius 3 is 2.63 bits per heavy atom. The molecule has 0 saturated heterocycles. The zero-order valence-electron chi connectivity index (χ0n) is 10.3. The lowest BCUT2D eigenvalue weighted by Crippen LogP contribution is -2.13. The van der Waals surface area contributed by atoms with Gasteiger partial charge >= 0.3 is 0 Å². The van der Waals surface area contributed by atoms with E-state index in [1.165, 1.54) is 12.1 Å². The third-order valence-electron chi connectivity index (χ3n) is 2.72. The van der Waals surface area contributed by atoms with Crippen molar-refractivity contribution in [2.45, 2.75) is 6.92 Å². The molecule has 2 aromatic carbocycles. The summed E-state index contributed by atoms with van der Waals surface area (Å²) in [6.45, 7) is 1.80. The minimum Gasteiger partial charge on any atom is -0.508 e. The average Bonchev–Trinajstić information content (AvgIpc) is 2.36. The van der Waals surface area contributed by atoms with Crippen molar-refractivity contribution in [1.29, 1.82) is 0 Å². The van der Waals surface area contributed by atoms with Crippen LogP contribution in [-0.4, -0.2) is 11.0 Å². The van der Waals surface area contributed by atoms with Crippen molar-refractivity contribution in [2.24, 2.45) is 0 Å². The normalized spacial score (nSPS) is 10.2. The maximum atomic E-state index is 12.0. The largest absolute Gasteiger partial charge is 0.508 e. The fourth-order valence-corrected chi connectivity index (χ4v) is 1.79. The number of amides is 1. The van der Waals surface area contributed by atoms with Crippen LogP contribution in [0.2, 0.25) is 5.02 Å². The SMILES string of the molecule is Cc1cc(O)ccc1NC(=O)c1ccc(Cl)c(N)c1. The Hall–Kier alpha value is -2.20. The lowest BCUT2D eigenvalue weighted by Gasteiger charge is -2.09. The molecule has 4 N–H and O–H groups in total. The minimum absolute atomic E-state index is 0.159. The minimum atomic E-state index is -0.280. The van der Waals surface area contributed by atoms with Crippen LogP contribution < -0.4 is 11.1 Å². The molecule has 0 heterocycles. The molecule has 0 bridgehead atoms. The Labute approximate surface area is 115 Å². The van der Waals surface area contributed by atoms with E-state index in [1.807, 2.05) is 0 Å². The van der Waals surface area contributed by atoms with Gasteiger partial charge in [-0.2, -0.15) is 0 Å². The van der Waals surface area contributed by atoms with Crippen LogP contribution in [0.15, 0.2) is 36.4 Å². The summed E-state index contributed by atoms with van der Waals surface area (Å²) < 4.78 is 0. The lowest BCUT2D eigenvalue weighted by molar-refractivity contribution is 0.102. The van der Waals surface area contributed by atoms with Crippen molar-refractivity contribution in [1.82, 2.24) is 0 Å². The highest BCUT2D eigenvalue weighted by atomic mass is 35.5. The van der Waals surface area contributed by atoms with Gasteiger partial charge in [-0.1, -0.05) is 11.6 Å². The molecule has 0 unspecified atom stereocenters. The number of nitrogens with two attached hydrogens (primary N) is 1. The summed E-state index contributed by atoms with van der Waals surface area (Å²) in [5.74, 6) is -0.122. The Bertz CT molecular complexity index is 641. The summed E-state index contributed by atoms with van der Waals surface area (Å²) >= 11 is 5.80. The number of hydrogen-bond donors (Lipinski definition) is 3. The quantitative estimate of drug-likeness (QED) is 0.582. The maximum Gasteiger partial charge on any atom is 0.255 e. The molecule has 0 fully saturated rings. The molecule has 2 aromatic rings. The number of aromatic hydroxyl groups is 1. The standard InChI is InChI=1S/C14H13ClN2O2/c1-8-6-10(18)3-5-13(8)17-14(19)9-2-4-11(15)12(16)7-9/h2-7,18H,16H2,1H3,(H,17,19).